The molecule has 0 aromatic heterocycles. The van der Waals surface area contributed by atoms with Crippen molar-refractivity contribution >= 4 is 11.6 Å². The van der Waals surface area contributed by atoms with E-state index in [1.807, 2.05) is 24.3 Å². The first-order valence-corrected chi connectivity index (χ1v) is 6.35. The van der Waals surface area contributed by atoms with Crippen molar-refractivity contribution in [2.45, 2.75) is 32.1 Å². The Morgan fingerprint density at radius 1 is 1.29 bits per heavy atom. The number of hydrogen-bond donors (Lipinski definition) is 2. The molecular formula is C14H20N2O. The number of carbonyl (C=O) groups is 1. The average Bonchev–Trinajstić information content (AvgIpc) is 2.26. The SMILES string of the molecule is Nc1ccc(CCC(=O)NCC2CCC2)cc1. The summed E-state index contributed by atoms with van der Waals surface area (Å²) in [6.45, 7) is 0.862. The maximum atomic E-state index is 11.6. The predicted octanol–water partition coefficient (Wildman–Crippen LogP) is 2.12. The number of anilines is 1. The minimum Gasteiger partial charge on any atom is -0.399 e. The van der Waals surface area contributed by atoms with Crippen LogP contribution >= 0.6 is 0 Å². The van der Waals surface area contributed by atoms with Crippen LogP contribution in [0.4, 0.5) is 5.69 Å². The van der Waals surface area contributed by atoms with E-state index in [1.54, 1.807) is 0 Å². The fraction of sp³-hybridized carbons (Fsp3) is 0.500. The van der Waals surface area contributed by atoms with Crippen LogP contribution in [0.3, 0.4) is 0 Å². The lowest BCUT2D eigenvalue weighted by Gasteiger charge is -2.25. The Morgan fingerprint density at radius 3 is 2.59 bits per heavy atom. The number of benzene rings is 1. The lowest BCUT2D eigenvalue weighted by atomic mass is 9.85. The molecule has 1 aromatic carbocycles. The summed E-state index contributed by atoms with van der Waals surface area (Å²) in [5.41, 5.74) is 7.54. The van der Waals surface area contributed by atoms with Gasteiger partial charge in [0.15, 0.2) is 0 Å². The number of hydrogen-bond acceptors (Lipinski definition) is 2. The zero-order chi connectivity index (χ0) is 12.1. The maximum Gasteiger partial charge on any atom is 0.220 e. The standard InChI is InChI=1S/C14H20N2O/c15-13-7-4-11(5-8-13)6-9-14(17)16-10-12-2-1-3-12/h4-5,7-8,12H,1-3,6,9-10,15H2,(H,16,17). The lowest BCUT2D eigenvalue weighted by molar-refractivity contribution is -0.121. The number of nitrogens with one attached hydrogen (secondary N) is 1. The predicted molar refractivity (Wildman–Crippen MR) is 69.5 cm³/mol. The van der Waals surface area contributed by atoms with Gasteiger partial charge in [-0.05, 0) is 42.9 Å². The number of rotatable bonds is 5. The van der Waals surface area contributed by atoms with Gasteiger partial charge in [0.1, 0.15) is 0 Å². The fourth-order valence-electron chi connectivity index (χ4n) is 1.99. The van der Waals surface area contributed by atoms with Crippen LogP contribution in [0.5, 0.6) is 0 Å². The molecule has 1 saturated carbocycles. The van der Waals surface area contributed by atoms with Crippen LogP contribution in [0, 0.1) is 5.92 Å². The van der Waals surface area contributed by atoms with Crippen LogP contribution < -0.4 is 11.1 Å². The molecule has 2 rings (SSSR count). The third-order valence-corrected chi connectivity index (χ3v) is 3.43. The zero-order valence-corrected chi connectivity index (χ0v) is 10.1. The van der Waals surface area contributed by atoms with Gasteiger partial charge >= 0.3 is 0 Å². The highest BCUT2D eigenvalue weighted by molar-refractivity contribution is 5.76. The van der Waals surface area contributed by atoms with Crippen LogP contribution in [0.1, 0.15) is 31.2 Å². The molecule has 0 radical (unpaired) electrons. The summed E-state index contributed by atoms with van der Waals surface area (Å²) < 4.78 is 0. The lowest BCUT2D eigenvalue weighted by Crippen LogP contribution is -2.32. The molecule has 0 bridgehead atoms. The molecule has 1 amide bonds. The normalized spacial score (nSPS) is 15.3. The van der Waals surface area contributed by atoms with Gasteiger partial charge in [-0.2, -0.15) is 0 Å². The molecule has 0 heterocycles. The zero-order valence-electron chi connectivity index (χ0n) is 10.1. The minimum atomic E-state index is 0.161. The fourth-order valence-corrected chi connectivity index (χ4v) is 1.99. The van der Waals surface area contributed by atoms with Crippen molar-refractivity contribution < 1.29 is 4.79 Å². The number of carbonyl (C=O) groups excluding carboxylic acids is 1. The van der Waals surface area contributed by atoms with Crippen LogP contribution in [0.2, 0.25) is 0 Å². The molecule has 3 heteroatoms. The summed E-state index contributed by atoms with van der Waals surface area (Å²) >= 11 is 0. The highest BCUT2D eigenvalue weighted by Gasteiger charge is 2.17. The summed E-state index contributed by atoms with van der Waals surface area (Å²) in [7, 11) is 0. The first kappa shape index (κ1) is 12.0. The highest BCUT2D eigenvalue weighted by atomic mass is 16.1. The third kappa shape index (κ3) is 3.77. The Morgan fingerprint density at radius 2 is 2.00 bits per heavy atom. The first-order valence-electron chi connectivity index (χ1n) is 6.35. The van der Waals surface area contributed by atoms with Gasteiger partial charge in [0.25, 0.3) is 0 Å². The van der Waals surface area contributed by atoms with E-state index in [9.17, 15) is 4.79 Å². The number of nitrogens with two attached hydrogens (primary N) is 1. The van der Waals surface area contributed by atoms with Crippen molar-refractivity contribution in [3.05, 3.63) is 29.8 Å². The van der Waals surface area contributed by atoms with Crippen LogP contribution in [-0.4, -0.2) is 12.5 Å². The topological polar surface area (TPSA) is 55.1 Å². The Labute approximate surface area is 102 Å². The van der Waals surface area contributed by atoms with Gasteiger partial charge in [-0.15, -0.1) is 0 Å². The minimum absolute atomic E-state index is 0.161. The number of nitrogen functional groups attached to an aromatic ring is 1. The van der Waals surface area contributed by atoms with E-state index in [4.69, 9.17) is 5.73 Å². The molecule has 0 unspecified atom stereocenters. The molecule has 1 aromatic rings. The number of amides is 1. The smallest absolute Gasteiger partial charge is 0.220 e. The van der Waals surface area contributed by atoms with Crippen LogP contribution in [-0.2, 0) is 11.2 Å². The molecule has 92 valence electrons. The van der Waals surface area contributed by atoms with Gasteiger partial charge in [0.05, 0.1) is 0 Å². The van der Waals surface area contributed by atoms with Crippen molar-refractivity contribution in [3.8, 4) is 0 Å². The second kappa shape index (κ2) is 5.71. The maximum absolute atomic E-state index is 11.6. The molecule has 17 heavy (non-hydrogen) atoms. The molecule has 1 fully saturated rings. The van der Waals surface area contributed by atoms with E-state index in [-0.39, 0.29) is 5.91 Å². The highest BCUT2D eigenvalue weighted by Crippen LogP contribution is 2.25. The third-order valence-electron chi connectivity index (χ3n) is 3.43. The van der Waals surface area contributed by atoms with Crippen molar-refractivity contribution in [3.63, 3.8) is 0 Å². The molecule has 0 saturated heterocycles. The van der Waals surface area contributed by atoms with Crippen molar-refractivity contribution in [1.29, 1.82) is 0 Å². The molecule has 3 nitrogen and oxygen atoms in total. The van der Waals surface area contributed by atoms with Gasteiger partial charge in [-0.1, -0.05) is 18.6 Å². The first-order chi connectivity index (χ1) is 8.24. The van der Waals surface area contributed by atoms with E-state index in [1.165, 1.54) is 19.3 Å². The van der Waals surface area contributed by atoms with Crippen molar-refractivity contribution in [2.75, 3.05) is 12.3 Å². The molecule has 0 atom stereocenters. The van der Waals surface area contributed by atoms with E-state index in [0.29, 0.717) is 6.42 Å². The Balaban J connectivity index is 1.66. The Hall–Kier alpha value is -1.51. The molecule has 3 N–H and O–H groups in total. The summed E-state index contributed by atoms with van der Waals surface area (Å²) in [6, 6.07) is 7.71. The molecular weight excluding hydrogens is 212 g/mol. The monoisotopic (exact) mass is 232 g/mol. The van der Waals surface area contributed by atoms with Crippen LogP contribution in [0.25, 0.3) is 0 Å². The van der Waals surface area contributed by atoms with Gasteiger partial charge in [-0.3, -0.25) is 4.79 Å². The van der Waals surface area contributed by atoms with Gasteiger partial charge in [0.2, 0.25) is 5.91 Å². The summed E-state index contributed by atoms with van der Waals surface area (Å²) in [5, 5.41) is 3.00. The van der Waals surface area contributed by atoms with Crippen molar-refractivity contribution in [2.24, 2.45) is 5.92 Å². The molecule has 0 spiro atoms. The molecule has 1 aliphatic rings. The summed E-state index contributed by atoms with van der Waals surface area (Å²) in [5.74, 6) is 0.893. The largest absolute Gasteiger partial charge is 0.399 e. The average molecular weight is 232 g/mol. The Kier molecular flexibility index (Phi) is 4.02. The van der Waals surface area contributed by atoms with E-state index < -0.39 is 0 Å². The van der Waals surface area contributed by atoms with Crippen LogP contribution in [0.15, 0.2) is 24.3 Å². The molecule has 0 aliphatic heterocycles. The van der Waals surface area contributed by atoms with E-state index in [0.717, 1.165) is 30.1 Å². The summed E-state index contributed by atoms with van der Waals surface area (Å²) in [4.78, 5) is 11.6. The van der Waals surface area contributed by atoms with Gasteiger partial charge in [0, 0.05) is 18.7 Å². The summed E-state index contributed by atoms with van der Waals surface area (Å²) in [6.07, 6.45) is 5.23. The second-order valence-corrected chi connectivity index (χ2v) is 4.84. The Bertz CT molecular complexity index is 368. The second-order valence-electron chi connectivity index (χ2n) is 4.84. The van der Waals surface area contributed by atoms with E-state index in [2.05, 4.69) is 5.32 Å². The number of aryl methyl sites for hydroxylation is 1. The van der Waals surface area contributed by atoms with Gasteiger partial charge < -0.3 is 11.1 Å². The van der Waals surface area contributed by atoms with E-state index >= 15 is 0 Å². The quantitative estimate of drug-likeness (QED) is 0.764. The van der Waals surface area contributed by atoms with Gasteiger partial charge in [-0.25, -0.2) is 0 Å². The molecule has 1 aliphatic carbocycles. The van der Waals surface area contributed by atoms with Crippen molar-refractivity contribution in [1.82, 2.24) is 5.32 Å².